The Balaban J connectivity index is 1.80. The van der Waals surface area contributed by atoms with Crippen molar-refractivity contribution in [3.8, 4) is 5.69 Å². The highest BCUT2D eigenvalue weighted by molar-refractivity contribution is 6.43. The predicted octanol–water partition coefficient (Wildman–Crippen LogP) is 5.42. The zero-order chi connectivity index (χ0) is 16.2. The second-order valence-electron chi connectivity index (χ2n) is 5.60. The van der Waals surface area contributed by atoms with E-state index in [9.17, 15) is 0 Å². The summed E-state index contributed by atoms with van der Waals surface area (Å²) in [6, 6.07) is 20.3. The highest BCUT2D eigenvalue weighted by atomic mass is 35.5. The fourth-order valence-corrected chi connectivity index (χ4v) is 3.07. The van der Waals surface area contributed by atoms with E-state index in [-0.39, 0.29) is 0 Å². The number of benzene rings is 2. The molecule has 0 saturated carbocycles. The van der Waals surface area contributed by atoms with Gasteiger partial charge in [0, 0.05) is 25.0 Å². The molecule has 2 aromatic carbocycles. The Morgan fingerprint density at radius 1 is 0.870 bits per heavy atom. The van der Waals surface area contributed by atoms with Gasteiger partial charge in [-0.1, -0.05) is 59.6 Å². The van der Waals surface area contributed by atoms with Crippen LogP contribution in [-0.2, 0) is 13.1 Å². The minimum Gasteiger partial charge on any atom is -0.318 e. The van der Waals surface area contributed by atoms with Crippen molar-refractivity contribution in [3.63, 3.8) is 0 Å². The Morgan fingerprint density at radius 3 is 2.43 bits per heavy atom. The van der Waals surface area contributed by atoms with E-state index in [0.29, 0.717) is 10.0 Å². The first-order chi connectivity index (χ1) is 11.1. The van der Waals surface area contributed by atoms with Crippen LogP contribution in [-0.4, -0.2) is 16.5 Å². The van der Waals surface area contributed by atoms with Gasteiger partial charge >= 0.3 is 0 Å². The molecule has 0 N–H and O–H groups in total. The molecule has 23 heavy (non-hydrogen) atoms. The highest BCUT2D eigenvalue weighted by Gasteiger charge is 2.11. The summed E-state index contributed by atoms with van der Waals surface area (Å²) in [7, 11) is 2.11. The SMILES string of the molecule is CN(Cc1ccccc1)Cc1cccn1-c1cccc(Cl)c1Cl. The number of hydrogen-bond acceptors (Lipinski definition) is 1. The summed E-state index contributed by atoms with van der Waals surface area (Å²) in [6.45, 7) is 1.72. The number of rotatable bonds is 5. The average Bonchev–Trinajstić information content (AvgIpc) is 2.99. The van der Waals surface area contributed by atoms with Crippen LogP contribution < -0.4 is 0 Å². The van der Waals surface area contributed by atoms with Crippen LogP contribution in [0.4, 0.5) is 0 Å². The maximum absolute atomic E-state index is 6.36. The van der Waals surface area contributed by atoms with E-state index in [2.05, 4.69) is 46.8 Å². The van der Waals surface area contributed by atoms with Crippen LogP contribution in [0.1, 0.15) is 11.3 Å². The van der Waals surface area contributed by atoms with Crippen LogP contribution in [0.3, 0.4) is 0 Å². The molecule has 0 spiro atoms. The molecular formula is C19H18Cl2N2. The molecule has 0 fully saturated rings. The summed E-state index contributed by atoms with van der Waals surface area (Å²) in [6.07, 6.45) is 2.02. The van der Waals surface area contributed by atoms with E-state index >= 15 is 0 Å². The molecule has 0 radical (unpaired) electrons. The second-order valence-corrected chi connectivity index (χ2v) is 6.39. The molecule has 0 bridgehead atoms. The zero-order valence-corrected chi connectivity index (χ0v) is 14.4. The van der Waals surface area contributed by atoms with Gasteiger partial charge in [0.15, 0.2) is 0 Å². The van der Waals surface area contributed by atoms with Gasteiger partial charge in [-0.25, -0.2) is 0 Å². The van der Waals surface area contributed by atoms with Crippen molar-refractivity contribution in [1.82, 2.24) is 9.47 Å². The van der Waals surface area contributed by atoms with Crippen molar-refractivity contribution in [3.05, 3.63) is 88.2 Å². The average molecular weight is 345 g/mol. The van der Waals surface area contributed by atoms with Gasteiger partial charge in [0.25, 0.3) is 0 Å². The van der Waals surface area contributed by atoms with Crippen LogP contribution in [0, 0.1) is 0 Å². The molecule has 1 aromatic heterocycles. The minimum atomic E-state index is 0.571. The Morgan fingerprint density at radius 2 is 1.65 bits per heavy atom. The fraction of sp³-hybridized carbons (Fsp3) is 0.158. The van der Waals surface area contributed by atoms with Crippen LogP contribution >= 0.6 is 23.2 Å². The van der Waals surface area contributed by atoms with E-state index in [1.807, 2.05) is 30.5 Å². The maximum Gasteiger partial charge on any atom is 0.0832 e. The monoisotopic (exact) mass is 344 g/mol. The van der Waals surface area contributed by atoms with Gasteiger partial charge in [0.1, 0.15) is 0 Å². The molecule has 0 aliphatic rings. The Labute approximate surface area is 146 Å². The number of hydrogen-bond donors (Lipinski definition) is 0. The standard InChI is InChI=1S/C19H18Cl2N2/c1-22(13-15-7-3-2-4-8-15)14-16-9-6-12-23(16)18-11-5-10-17(20)19(18)21/h2-12H,13-14H2,1H3. The summed E-state index contributed by atoms with van der Waals surface area (Å²) < 4.78 is 2.09. The Hall–Kier alpha value is -1.74. The molecule has 3 aromatic rings. The molecule has 0 unspecified atom stereocenters. The van der Waals surface area contributed by atoms with Gasteiger partial charge in [-0.15, -0.1) is 0 Å². The van der Waals surface area contributed by atoms with E-state index in [1.165, 1.54) is 11.3 Å². The van der Waals surface area contributed by atoms with Crippen LogP contribution in [0.15, 0.2) is 66.9 Å². The molecule has 0 amide bonds. The van der Waals surface area contributed by atoms with Crippen molar-refractivity contribution in [1.29, 1.82) is 0 Å². The second kappa shape index (κ2) is 7.22. The molecule has 4 heteroatoms. The molecule has 0 aliphatic carbocycles. The molecule has 2 nitrogen and oxygen atoms in total. The lowest BCUT2D eigenvalue weighted by molar-refractivity contribution is 0.313. The molecule has 0 aliphatic heterocycles. The van der Waals surface area contributed by atoms with Gasteiger partial charge in [0.05, 0.1) is 15.7 Å². The summed E-state index contributed by atoms with van der Waals surface area (Å²) in [5.74, 6) is 0. The van der Waals surface area contributed by atoms with Crippen molar-refractivity contribution in [2.24, 2.45) is 0 Å². The molecular weight excluding hydrogens is 327 g/mol. The molecule has 1 heterocycles. The summed E-state index contributed by atoms with van der Waals surface area (Å²) in [5, 5.41) is 1.15. The summed E-state index contributed by atoms with van der Waals surface area (Å²) in [4.78, 5) is 2.28. The van der Waals surface area contributed by atoms with Crippen LogP contribution in [0.2, 0.25) is 10.0 Å². The minimum absolute atomic E-state index is 0.571. The van der Waals surface area contributed by atoms with Gasteiger partial charge in [-0.05, 0) is 36.9 Å². The van der Waals surface area contributed by atoms with Crippen molar-refractivity contribution in [2.75, 3.05) is 7.05 Å². The predicted molar refractivity (Wildman–Crippen MR) is 97.4 cm³/mol. The molecule has 0 saturated heterocycles. The third kappa shape index (κ3) is 3.78. The smallest absolute Gasteiger partial charge is 0.0832 e. The molecule has 118 valence electrons. The van der Waals surface area contributed by atoms with Crippen molar-refractivity contribution >= 4 is 23.2 Å². The lowest BCUT2D eigenvalue weighted by Crippen LogP contribution is -2.19. The first-order valence-corrected chi connectivity index (χ1v) is 8.24. The van der Waals surface area contributed by atoms with Crippen molar-refractivity contribution in [2.45, 2.75) is 13.1 Å². The number of halogens is 2. The zero-order valence-electron chi connectivity index (χ0n) is 12.9. The number of aromatic nitrogens is 1. The topological polar surface area (TPSA) is 8.17 Å². The normalized spacial score (nSPS) is 11.1. The van der Waals surface area contributed by atoms with E-state index in [1.54, 1.807) is 6.07 Å². The lowest BCUT2D eigenvalue weighted by atomic mass is 10.2. The van der Waals surface area contributed by atoms with Crippen LogP contribution in [0.5, 0.6) is 0 Å². The van der Waals surface area contributed by atoms with Gasteiger partial charge in [-0.2, -0.15) is 0 Å². The van der Waals surface area contributed by atoms with E-state index < -0.39 is 0 Å². The third-order valence-corrected chi connectivity index (χ3v) is 4.56. The van der Waals surface area contributed by atoms with Gasteiger partial charge < -0.3 is 4.57 Å². The Kier molecular flexibility index (Phi) is 5.06. The summed E-state index contributed by atoms with van der Waals surface area (Å²) in [5.41, 5.74) is 3.38. The Bertz CT molecular complexity index is 781. The summed E-state index contributed by atoms with van der Waals surface area (Å²) >= 11 is 12.5. The molecule has 0 atom stereocenters. The third-order valence-electron chi connectivity index (χ3n) is 3.75. The first-order valence-electron chi connectivity index (χ1n) is 7.48. The van der Waals surface area contributed by atoms with E-state index in [4.69, 9.17) is 23.2 Å². The first kappa shape index (κ1) is 16.1. The number of nitrogens with zero attached hydrogens (tertiary/aromatic N) is 2. The van der Waals surface area contributed by atoms with Crippen molar-refractivity contribution < 1.29 is 0 Å². The maximum atomic E-state index is 6.36. The van der Waals surface area contributed by atoms with E-state index in [0.717, 1.165) is 18.8 Å². The fourth-order valence-electron chi connectivity index (χ4n) is 2.69. The highest BCUT2D eigenvalue weighted by Crippen LogP contribution is 2.29. The largest absolute Gasteiger partial charge is 0.318 e. The quantitative estimate of drug-likeness (QED) is 0.600. The van der Waals surface area contributed by atoms with Gasteiger partial charge in [-0.3, -0.25) is 4.90 Å². The lowest BCUT2D eigenvalue weighted by Gasteiger charge is -2.19. The molecule has 3 rings (SSSR count). The van der Waals surface area contributed by atoms with Crippen LogP contribution in [0.25, 0.3) is 5.69 Å². The van der Waals surface area contributed by atoms with Gasteiger partial charge in [0.2, 0.25) is 0 Å².